The number of esters is 1. The lowest BCUT2D eigenvalue weighted by Gasteiger charge is -2.20. The minimum absolute atomic E-state index is 0.0888. The van der Waals surface area contributed by atoms with Gasteiger partial charge in [-0.15, -0.1) is 0 Å². The number of carbonyl (C=O) groups excluding carboxylic acids is 2. The molecule has 2 atom stereocenters. The van der Waals surface area contributed by atoms with Crippen LogP contribution in [0, 0.1) is 0 Å². The molecule has 0 aliphatic heterocycles. The monoisotopic (exact) mass is 425 g/mol. The van der Waals surface area contributed by atoms with Crippen LogP contribution in [0.1, 0.15) is 43.8 Å². The number of rotatable bonds is 7. The van der Waals surface area contributed by atoms with Crippen molar-refractivity contribution in [1.29, 1.82) is 0 Å². The van der Waals surface area contributed by atoms with Gasteiger partial charge < -0.3 is 14.8 Å². The van der Waals surface area contributed by atoms with Crippen molar-refractivity contribution in [2.75, 3.05) is 0 Å². The summed E-state index contributed by atoms with van der Waals surface area (Å²) in [5.41, 5.74) is -0.354. The van der Waals surface area contributed by atoms with Gasteiger partial charge >= 0.3 is 18.2 Å². The van der Waals surface area contributed by atoms with E-state index in [1.165, 1.54) is 24.5 Å². The van der Waals surface area contributed by atoms with E-state index in [9.17, 15) is 22.8 Å². The molecule has 1 aromatic carbocycles. The molecule has 0 bridgehead atoms. The third-order valence-corrected chi connectivity index (χ3v) is 3.92. The Morgan fingerprint density at radius 2 is 1.63 bits per heavy atom. The highest BCUT2D eigenvalue weighted by Crippen LogP contribution is 2.29. The number of ether oxygens (including phenoxy) is 2. The van der Waals surface area contributed by atoms with E-state index in [4.69, 9.17) is 9.47 Å². The Kier molecular flexibility index (Phi) is 7.73. The highest BCUT2D eigenvalue weighted by Gasteiger charge is 2.30. The summed E-state index contributed by atoms with van der Waals surface area (Å²) in [5, 5.41) is 2.49. The number of aromatic nitrogens is 2. The molecular formula is C20H22F3N3O4. The average Bonchev–Trinajstić information content (AvgIpc) is 2.67. The lowest BCUT2D eigenvalue weighted by molar-refractivity contribution is -0.157. The fourth-order valence-corrected chi connectivity index (χ4v) is 2.47. The van der Waals surface area contributed by atoms with Gasteiger partial charge in [0.2, 0.25) is 6.10 Å². The van der Waals surface area contributed by atoms with Crippen molar-refractivity contribution in [2.45, 2.75) is 51.6 Å². The van der Waals surface area contributed by atoms with Crippen LogP contribution in [0.4, 0.5) is 18.0 Å². The summed E-state index contributed by atoms with van der Waals surface area (Å²) in [5.74, 6) is -0.471. The second-order valence-electron chi connectivity index (χ2n) is 6.73. The first-order chi connectivity index (χ1) is 14.1. The van der Waals surface area contributed by atoms with E-state index < -0.39 is 42.1 Å². The Balaban J connectivity index is 2.04. The average molecular weight is 425 g/mol. The Morgan fingerprint density at radius 3 is 2.17 bits per heavy atom. The highest BCUT2D eigenvalue weighted by atomic mass is 19.4. The minimum Gasteiger partial charge on any atom is -0.460 e. The van der Waals surface area contributed by atoms with Gasteiger partial charge in [0.05, 0.1) is 24.1 Å². The van der Waals surface area contributed by atoms with Crippen LogP contribution < -0.4 is 5.32 Å². The predicted octanol–water partition coefficient (Wildman–Crippen LogP) is 3.85. The number of halogens is 3. The molecule has 2 rings (SSSR count). The first kappa shape index (κ1) is 23.1. The van der Waals surface area contributed by atoms with Crippen LogP contribution in [0.25, 0.3) is 0 Å². The molecule has 0 radical (unpaired) electrons. The van der Waals surface area contributed by atoms with Crippen LogP contribution in [0.15, 0.2) is 42.7 Å². The van der Waals surface area contributed by atoms with Gasteiger partial charge in [-0.1, -0.05) is 12.1 Å². The van der Waals surface area contributed by atoms with Crippen molar-refractivity contribution in [3.05, 3.63) is 59.7 Å². The second-order valence-corrected chi connectivity index (χ2v) is 6.73. The van der Waals surface area contributed by atoms with Crippen molar-refractivity contribution in [3.63, 3.8) is 0 Å². The number of carbonyl (C=O) groups is 2. The zero-order chi connectivity index (χ0) is 22.3. The molecule has 0 saturated carbocycles. The maximum Gasteiger partial charge on any atom is 0.416 e. The molecule has 10 heteroatoms. The molecule has 1 amide bonds. The van der Waals surface area contributed by atoms with Crippen molar-refractivity contribution < 1.29 is 32.2 Å². The number of hydrogen-bond acceptors (Lipinski definition) is 6. The number of nitrogens with zero attached hydrogens (tertiary/aromatic N) is 2. The van der Waals surface area contributed by atoms with E-state index in [1.807, 2.05) is 0 Å². The molecule has 0 fully saturated rings. The van der Waals surface area contributed by atoms with Gasteiger partial charge in [0, 0.05) is 12.4 Å². The predicted molar refractivity (Wildman–Crippen MR) is 100 cm³/mol. The van der Waals surface area contributed by atoms with Crippen LogP contribution >= 0.6 is 0 Å². The lowest BCUT2D eigenvalue weighted by atomic mass is 10.1. The van der Waals surface area contributed by atoms with Crippen LogP contribution in [-0.2, 0) is 26.9 Å². The molecule has 0 saturated heterocycles. The van der Waals surface area contributed by atoms with Crippen LogP contribution in [0.2, 0.25) is 0 Å². The van der Waals surface area contributed by atoms with Gasteiger partial charge in [0.1, 0.15) is 5.82 Å². The first-order valence-corrected chi connectivity index (χ1v) is 9.17. The van der Waals surface area contributed by atoms with E-state index >= 15 is 0 Å². The molecule has 30 heavy (non-hydrogen) atoms. The second kappa shape index (κ2) is 10.0. The van der Waals surface area contributed by atoms with Gasteiger partial charge in [-0.05, 0) is 44.5 Å². The molecule has 0 unspecified atom stereocenters. The summed E-state index contributed by atoms with van der Waals surface area (Å²) < 4.78 is 48.3. The zero-order valence-corrected chi connectivity index (χ0v) is 16.6. The molecule has 1 aromatic heterocycles. The van der Waals surface area contributed by atoms with Gasteiger partial charge in [-0.2, -0.15) is 13.2 Å². The number of nitrogens with one attached hydrogen (secondary N) is 1. The van der Waals surface area contributed by atoms with Gasteiger partial charge in [0.15, 0.2) is 0 Å². The summed E-state index contributed by atoms with van der Waals surface area (Å²) in [6, 6.07) is 5.31. The van der Waals surface area contributed by atoms with E-state index in [0.29, 0.717) is 5.56 Å². The molecule has 1 N–H and O–H groups in total. The zero-order valence-electron chi connectivity index (χ0n) is 16.6. The molecule has 0 aliphatic rings. The van der Waals surface area contributed by atoms with Crippen molar-refractivity contribution in [3.8, 4) is 0 Å². The number of alkyl halides is 3. The number of alkyl carbamates (subject to hydrolysis) is 1. The van der Waals surface area contributed by atoms with Crippen LogP contribution in [-0.4, -0.2) is 34.2 Å². The quantitative estimate of drug-likeness (QED) is 0.678. The Bertz CT molecular complexity index is 843. The van der Waals surface area contributed by atoms with Gasteiger partial charge in [0.25, 0.3) is 0 Å². The maximum absolute atomic E-state index is 12.7. The maximum atomic E-state index is 12.7. The molecule has 162 valence electrons. The summed E-state index contributed by atoms with van der Waals surface area (Å²) in [4.78, 5) is 32.6. The number of benzene rings is 1. The molecule has 0 aliphatic carbocycles. The Morgan fingerprint density at radius 1 is 1.03 bits per heavy atom. The third-order valence-electron chi connectivity index (χ3n) is 3.92. The molecule has 2 aromatic rings. The largest absolute Gasteiger partial charge is 0.460 e. The summed E-state index contributed by atoms with van der Waals surface area (Å²) in [7, 11) is 0. The Labute approximate surface area is 171 Å². The summed E-state index contributed by atoms with van der Waals surface area (Å²) in [6.45, 7) is 4.88. The van der Waals surface area contributed by atoms with E-state index in [-0.39, 0.29) is 12.2 Å². The number of hydrogen-bond donors (Lipinski definition) is 1. The highest BCUT2D eigenvalue weighted by molar-refractivity contribution is 5.79. The van der Waals surface area contributed by atoms with Crippen molar-refractivity contribution in [2.24, 2.45) is 0 Å². The van der Waals surface area contributed by atoms with E-state index in [1.54, 1.807) is 26.8 Å². The van der Waals surface area contributed by atoms with Crippen LogP contribution in [0.5, 0.6) is 0 Å². The fraction of sp³-hybridized carbons (Fsp3) is 0.400. The fourth-order valence-electron chi connectivity index (χ4n) is 2.47. The lowest BCUT2D eigenvalue weighted by Crippen LogP contribution is -2.38. The molecule has 0 spiro atoms. The standard InChI is InChI=1S/C20H22F3N3O4/c1-12(2)29-18(27)16(11-17-24-9-4-10-25-17)30-19(28)26-13(3)14-5-7-15(8-6-14)20(21,22)23/h4-10,12-13,16H,11H2,1-3H3,(H,26,28)/t13-,16+/m0/s1. The van der Waals surface area contributed by atoms with Gasteiger partial charge in [-0.3, -0.25) is 0 Å². The SMILES string of the molecule is CC(C)OC(=O)[C@@H](Cc1ncccn1)OC(=O)N[C@@H](C)c1ccc(C(F)(F)F)cc1. The van der Waals surface area contributed by atoms with Crippen molar-refractivity contribution in [1.82, 2.24) is 15.3 Å². The topological polar surface area (TPSA) is 90.4 Å². The first-order valence-electron chi connectivity index (χ1n) is 9.17. The van der Waals surface area contributed by atoms with Crippen LogP contribution in [0.3, 0.4) is 0 Å². The number of amides is 1. The van der Waals surface area contributed by atoms with E-state index in [0.717, 1.165) is 12.1 Å². The van der Waals surface area contributed by atoms with Crippen molar-refractivity contribution >= 4 is 12.1 Å². The van der Waals surface area contributed by atoms with E-state index in [2.05, 4.69) is 15.3 Å². The molecular weight excluding hydrogens is 403 g/mol. The minimum atomic E-state index is -4.45. The summed E-state index contributed by atoms with van der Waals surface area (Å²) >= 11 is 0. The Hall–Kier alpha value is -3.17. The normalized spacial score (nSPS) is 13.4. The van der Waals surface area contributed by atoms with Gasteiger partial charge in [-0.25, -0.2) is 19.6 Å². The molecule has 1 heterocycles. The summed E-state index contributed by atoms with van der Waals surface area (Å²) in [6.07, 6.45) is -4.19. The third kappa shape index (κ3) is 7.02. The molecule has 7 nitrogen and oxygen atoms in total. The smallest absolute Gasteiger partial charge is 0.416 e.